The molecule has 0 radical (unpaired) electrons. The molecule has 0 spiro atoms. The molecular weight excluding hydrogens is 345 g/mol. The number of nitrogens with two attached hydrogens (primary N) is 1. The summed E-state index contributed by atoms with van der Waals surface area (Å²) in [5.74, 6) is 0.165. The molecule has 1 heterocycles. The third-order valence-corrected chi connectivity index (χ3v) is 5.06. The van der Waals surface area contributed by atoms with Crippen LogP contribution in [0.3, 0.4) is 0 Å². The first-order chi connectivity index (χ1) is 13.0. The Morgan fingerprint density at radius 3 is 2.41 bits per heavy atom. The van der Waals surface area contributed by atoms with E-state index in [1.165, 1.54) is 17.7 Å². The summed E-state index contributed by atoms with van der Waals surface area (Å²) < 4.78 is 18.7. The van der Waals surface area contributed by atoms with Gasteiger partial charge in [0.15, 0.2) is 0 Å². The largest absolute Gasteiger partial charge is 0.496 e. The fourth-order valence-electron chi connectivity index (χ4n) is 3.65. The number of benzene rings is 2. The molecular formula is C21H26FN3O2. The van der Waals surface area contributed by atoms with Crippen molar-refractivity contribution >= 4 is 5.91 Å². The van der Waals surface area contributed by atoms with Crippen molar-refractivity contribution < 1.29 is 13.9 Å². The molecule has 6 heteroatoms. The fraction of sp³-hybridized carbons (Fsp3) is 0.381. The number of piperazine rings is 1. The lowest BCUT2D eigenvalue weighted by molar-refractivity contribution is -0.124. The van der Waals surface area contributed by atoms with Gasteiger partial charge in [-0.05, 0) is 30.7 Å². The van der Waals surface area contributed by atoms with Gasteiger partial charge in [-0.25, -0.2) is 4.39 Å². The zero-order valence-electron chi connectivity index (χ0n) is 15.8. The third-order valence-electron chi connectivity index (χ3n) is 5.06. The number of amides is 1. The van der Waals surface area contributed by atoms with Gasteiger partial charge in [0.05, 0.1) is 7.11 Å². The summed E-state index contributed by atoms with van der Waals surface area (Å²) in [5, 5.41) is 0. The van der Waals surface area contributed by atoms with Gasteiger partial charge < -0.3 is 10.5 Å². The second kappa shape index (κ2) is 8.50. The Hall–Kier alpha value is -2.44. The van der Waals surface area contributed by atoms with E-state index in [0.29, 0.717) is 0 Å². The second-order valence-electron chi connectivity index (χ2n) is 6.98. The molecule has 0 bridgehead atoms. The molecule has 2 aromatic carbocycles. The Labute approximate surface area is 159 Å². The monoisotopic (exact) mass is 371 g/mol. The molecule has 1 saturated heterocycles. The molecule has 0 aromatic heterocycles. The minimum absolute atomic E-state index is 0.320. The normalized spacial score (nSPS) is 16.9. The van der Waals surface area contributed by atoms with Crippen LogP contribution in [-0.2, 0) is 11.3 Å². The topological polar surface area (TPSA) is 58.8 Å². The number of methoxy groups -OCH3 is 1. The maximum atomic E-state index is 13.2. The lowest BCUT2D eigenvalue weighted by atomic mass is 10.0. The molecule has 1 unspecified atom stereocenters. The number of ether oxygens (including phenoxy) is 1. The lowest BCUT2D eigenvalue weighted by Gasteiger charge is -2.38. The van der Waals surface area contributed by atoms with Crippen LogP contribution in [0.2, 0.25) is 0 Å². The van der Waals surface area contributed by atoms with Crippen LogP contribution in [0.1, 0.15) is 22.7 Å². The highest BCUT2D eigenvalue weighted by molar-refractivity contribution is 5.81. The number of hydrogen-bond donors (Lipinski definition) is 1. The Balaban J connectivity index is 1.66. The molecule has 1 fully saturated rings. The first kappa shape index (κ1) is 19.3. The van der Waals surface area contributed by atoms with Crippen molar-refractivity contribution in [3.05, 3.63) is 65.0 Å². The van der Waals surface area contributed by atoms with Gasteiger partial charge in [-0.15, -0.1) is 0 Å². The Kier molecular flexibility index (Phi) is 6.08. The number of rotatable bonds is 6. The quantitative estimate of drug-likeness (QED) is 0.848. The predicted molar refractivity (Wildman–Crippen MR) is 103 cm³/mol. The summed E-state index contributed by atoms with van der Waals surface area (Å²) in [6.07, 6.45) is 0. The van der Waals surface area contributed by atoms with Crippen molar-refractivity contribution in [2.75, 3.05) is 33.3 Å². The van der Waals surface area contributed by atoms with E-state index < -0.39 is 11.9 Å². The summed E-state index contributed by atoms with van der Waals surface area (Å²) in [5.41, 5.74) is 8.75. The first-order valence-electron chi connectivity index (χ1n) is 9.12. The van der Waals surface area contributed by atoms with Crippen LogP contribution in [0.15, 0.2) is 42.5 Å². The minimum atomic E-state index is -0.527. The first-order valence-corrected chi connectivity index (χ1v) is 9.12. The number of halogens is 1. The zero-order valence-corrected chi connectivity index (χ0v) is 15.8. The molecule has 27 heavy (non-hydrogen) atoms. The minimum Gasteiger partial charge on any atom is -0.496 e. The number of nitrogens with zero attached hydrogens (tertiary/aromatic N) is 2. The van der Waals surface area contributed by atoms with Crippen LogP contribution < -0.4 is 10.5 Å². The lowest BCUT2D eigenvalue weighted by Crippen LogP contribution is -2.50. The standard InChI is InChI=1S/C21H26FN3O2/c1-15-3-8-19(27-2)17(13-15)14-24-9-11-25(12-10-24)20(21(23)26)16-4-6-18(22)7-5-16/h3-8,13,20H,9-12,14H2,1-2H3,(H2,23,26). The highest BCUT2D eigenvalue weighted by atomic mass is 19.1. The smallest absolute Gasteiger partial charge is 0.239 e. The maximum absolute atomic E-state index is 13.2. The number of primary amides is 1. The molecule has 5 nitrogen and oxygen atoms in total. The van der Waals surface area contributed by atoms with Gasteiger partial charge in [0, 0.05) is 38.3 Å². The average molecular weight is 371 g/mol. The second-order valence-corrected chi connectivity index (χ2v) is 6.98. The predicted octanol–water partition coefficient (Wildman–Crippen LogP) is 2.49. The van der Waals surface area contributed by atoms with E-state index in [9.17, 15) is 9.18 Å². The highest BCUT2D eigenvalue weighted by Gasteiger charge is 2.29. The zero-order chi connectivity index (χ0) is 19.4. The van der Waals surface area contributed by atoms with E-state index in [4.69, 9.17) is 10.5 Å². The van der Waals surface area contributed by atoms with Crippen LogP contribution in [-0.4, -0.2) is 49.0 Å². The molecule has 2 N–H and O–H groups in total. The van der Waals surface area contributed by atoms with Gasteiger partial charge in [0.25, 0.3) is 0 Å². The fourth-order valence-corrected chi connectivity index (χ4v) is 3.65. The molecule has 1 aliphatic heterocycles. The van der Waals surface area contributed by atoms with Gasteiger partial charge in [-0.1, -0.05) is 29.8 Å². The molecule has 144 valence electrons. The number of hydrogen-bond acceptors (Lipinski definition) is 4. The molecule has 0 saturated carbocycles. The van der Waals surface area contributed by atoms with E-state index in [-0.39, 0.29) is 5.82 Å². The highest BCUT2D eigenvalue weighted by Crippen LogP contribution is 2.25. The van der Waals surface area contributed by atoms with Gasteiger partial charge in [-0.2, -0.15) is 0 Å². The van der Waals surface area contributed by atoms with Crippen LogP contribution >= 0.6 is 0 Å². The van der Waals surface area contributed by atoms with E-state index in [1.54, 1.807) is 19.2 Å². The van der Waals surface area contributed by atoms with Gasteiger partial charge in [0.1, 0.15) is 17.6 Å². The Bertz CT molecular complexity index is 787. The number of aryl methyl sites for hydroxylation is 1. The molecule has 1 aliphatic rings. The van der Waals surface area contributed by atoms with Gasteiger partial charge >= 0.3 is 0 Å². The Morgan fingerprint density at radius 2 is 1.81 bits per heavy atom. The SMILES string of the molecule is COc1ccc(C)cc1CN1CCN(C(C(N)=O)c2ccc(F)cc2)CC1. The van der Waals surface area contributed by atoms with Crippen molar-refractivity contribution in [1.29, 1.82) is 0 Å². The van der Waals surface area contributed by atoms with Crippen molar-refractivity contribution in [2.45, 2.75) is 19.5 Å². The summed E-state index contributed by atoms with van der Waals surface area (Å²) in [6, 6.07) is 11.7. The van der Waals surface area contributed by atoms with E-state index in [0.717, 1.165) is 49.6 Å². The Morgan fingerprint density at radius 1 is 1.15 bits per heavy atom. The van der Waals surface area contributed by atoms with Crippen LogP contribution in [0.25, 0.3) is 0 Å². The molecule has 3 rings (SSSR count). The third kappa shape index (κ3) is 4.64. The van der Waals surface area contributed by atoms with Gasteiger partial charge in [0.2, 0.25) is 5.91 Å². The van der Waals surface area contributed by atoms with Crippen molar-refractivity contribution in [2.24, 2.45) is 5.73 Å². The summed E-state index contributed by atoms with van der Waals surface area (Å²) in [4.78, 5) is 16.4. The molecule has 2 aromatic rings. The maximum Gasteiger partial charge on any atom is 0.239 e. The molecule has 1 atom stereocenters. The molecule has 1 amide bonds. The van der Waals surface area contributed by atoms with Crippen molar-refractivity contribution in [3.8, 4) is 5.75 Å². The molecule has 0 aliphatic carbocycles. The number of carbonyl (C=O) groups excluding carboxylic acids is 1. The van der Waals surface area contributed by atoms with Gasteiger partial charge in [-0.3, -0.25) is 14.6 Å². The van der Waals surface area contributed by atoms with Crippen LogP contribution in [0.5, 0.6) is 5.75 Å². The number of carbonyl (C=O) groups is 1. The summed E-state index contributed by atoms with van der Waals surface area (Å²) >= 11 is 0. The summed E-state index contributed by atoms with van der Waals surface area (Å²) in [6.45, 7) is 5.96. The van der Waals surface area contributed by atoms with E-state index in [1.807, 2.05) is 12.1 Å². The van der Waals surface area contributed by atoms with Crippen LogP contribution in [0.4, 0.5) is 4.39 Å². The summed E-state index contributed by atoms with van der Waals surface area (Å²) in [7, 11) is 1.69. The van der Waals surface area contributed by atoms with Crippen molar-refractivity contribution in [1.82, 2.24) is 9.80 Å². The average Bonchev–Trinajstić information content (AvgIpc) is 2.65. The van der Waals surface area contributed by atoms with E-state index in [2.05, 4.69) is 22.8 Å². The van der Waals surface area contributed by atoms with E-state index >= 15 is 0 Å². The van der Waals surface area contributed by atoms with Crippen molar-refractivity contribution in [3.63, 3.8) is 0 Å². The van der Waals surface area contributed by atoms with Crippen LogP contribution in [0, 0.1) is 12.7 Å².